The second-order valence-corrected chi connectivity index (χ2v) is 3.12. The molecule has 0 N–H and O–H groups in total. The molecule has 0 saturated heterocycles. The van der Waals surface area contributed by atoms with Crippen LogP contribution in [0.25, 0.3) is 0 Å². The minimum Gasteiger partial charge on any atom is -0.468 e. The van der Waals surface area contributed by atoms with Crippen molar-refractivity contribution in [2.75, 3.05) is 7.11 Å². The molecule has 0 fully saturated rings. The standard InChI is InChI=1S/C10H16O4/c1-4-8(12)5-6-9(7(2)11)10(13)14-3/h9H,4-6H2,1-3H3. The highest BCUT2D eigenvalue weighted by Crippen LogP contribution is 2.11. The molecular weight excluding hydrogens is 184 g/mol. The zero-order valence-corrected chi connectivity index (χ0v) is 8.83. The number of hydrogen-bond donors (Lipinski definition) is 0. The lowest BCUT2D eigenvalue weighted by molar-refractivity contribution is -0.149. The van der Waals surface area contributed by atoms with E-state index in [1.165, 1.54) is 14.0 Å². The van der Waals surface area contributed by atoms with Crippen LogP contribution in [0.4, 0.5) is 0 Å². The van der Waals surface area contributed by atoms with Crippen molar-refractivity contribution in [1.82, 2.24) is 0 Å². The predicted octanol–water partition coefficient (Wildman–Crippen LogP) is 1.12. The Balaban J connectivity index is 4.18. The highest BCUT2D eigenvalue weighted by atomic mass is 16.5. The minimum absolute atomic E-state index is 0.0557. The topological polar surface area (TPSA) is 60.4 Å². The summed E-state index contributed by atoms with van der Waals surface area (Å²) in [7, 11) is 1.24. The molecule has 0 amide bonds. The van der Waals surface area contributed by atoms with Crippen LogP contribution in [0.3, 0.4) is 0 Å². The first-order chi connectivity index (χ1) is 6.52. The Morgan fingerprint density at radius 3 is 2.21 bits per heavy atom. The van der Waals surface area contributed by atoms with E-state index in [4.69, 9.17) is 0 Å². The summed E-state index contributed by atoms with van der Waals surface area (Å²) >= 11 is 0. The molecule has 0 aromatic carbocycles. The molecule has 0 saturated carbocycles. The van der Waals surface area contributed by atoms with Gasteiger partial charge in [0.15, 0.2) is 0 Å². The summed E-state index contributed by atoms with van der Waals surface area (Å²) in [5, 5.41) is 0. The fraction of sp³-hybridized carbons (Fsp3) is 0.700. The maximum absolute atomic E-state index is 11.1. The Morgan fingerprint density at radius 1 is 1.29 bits per heavy atom. The van der Waals surface area contributed by atoms with Crippen molar-refractivity contribution in [3.05, 3.63) is 0 Å². The molecule has 14 heavy (non-hydrogen) atoms. The first-order valence-corrected chi connectivity index (χ1v) is 4.62. The van der Waals surface area contributed by atoms with Crippen LogP contribution in [-0.4, -0.2) is 24.6 Å². The third-order valence-electron chi connectivity index (χ3n) is 2.08. The first kappa shape index (κ1) is 12.8. The molecule has 0 aliphatic carbocycles. The van der Waals surface area contributed by atoms with Gasteiger partial charge in [0.2, 0.25) is 0 Å². The van der Waals surface area contributed by atoms with E-state index in [0.29, 0.717) is 6.42 Å². The summed E-state index contributed by atoms with van der Waals surface area (Å²) in [5.74, 6) is -1.53. The smallest absolute Gasteiger partial charge is 0.316 e. The van der Waals surface area contributed by atoms with Crippen LogP contribution in [0, 0.1) is 5.92 Å². The molecule has 0 radical (unpaired) electrons. The van der Waals surface area contributed by atoms with E-state index in [9.17, 15) is 14.4 Å². The number of methoxy groups -OCH3 is 1. The third-order valence-corrected chi connectivity index (χ3v) is 2.08. The molecule has 0 bridgehead atoms. The molecule has 0 spiro atoms. The highest BCUT2D eigenvalue weighted by Gasteiger charge is 2.24. The fourth-order valence-electron chi connectivity index (χ4n) is 1.11. The van der Waals surface area contributed by atoms with Crippen LogP contribution >= 0.6 is 0 Å². The van der Waals surface area contributed by atoms with Crippen LogP contribution < -0.4 is 0 Å². The lowest BCUT2D eigenvalue weighted by atomic mass is 9.97. The van der Waals surface area contributed by atoms with Gasteiger partial charge in [0.25, 0.3) is 0 Å². The predicted molar refractivity (Wildman–Crippen MR) is 50.7 cm³/mol. The number of Topliss-reactive ketones (excluding diaryl/α,β-unsaturated/α-hetero) is 2. The van der Waals surface area contributed by atoms with Crippen LogP contribution in [-0.2, 0) is 19.1 Å². The lowest BCUT2D eigenvalue weighted by Crippen LogP contribution is -2.24. The van der Waals surface area contributed by atoms with E-state index in [-0.39, 0.29) is 24.4 Å². The number of rotatable bonds is 6. The van der Waals surface area contributed by atoms with Crippen molar-refractivity contribution >= 4 is 17.5 Å². The number of carbonyl (C=O) groups is 3. The van der Waals surface area contributed by atoms with E-state index in [1.807, 2.05) is 0 Å². The molecule has 4 heteroatoms. The summed E-state index contributed by atoms with van der Waals surface area (Å²) in [6.45, 7) is 3.08. The minimum atomic E-state index is -0.782. The Bertz CT molecular complexity index is 232. The number of esters is 1. The van der Waals surface area contributed by atoms with Gasteiger partial charge in [0.1, 0.15) is 17.5 Å². The van der Waals surface area contributed by atoms with Crippen molar-refractivity contribution in [3.63, 3.8) is 0 Å². The SMILES string of the molecule is CCC(=O)CCC(C(C)=O)C(=O)OC. The van der Waals surface area contributed by atoms with Gasteiger partial charge in [-0.2, -0.15) is 0 Å². The van der Waals surface area contributed by atoms with E-state index in [2.05, 4.69) is 4.74 Å². The van der Waals surface area contributed by atoms with Crippen molar-refractivity contribution < 1.29 is 19.1 Å². The van der Waals surface area contributed by atoms with Gasteiger partial charge >= 0.3 is 5.97 Å². The van der Waals surface area contributed by atoms with E-state index in [0.717, 1.165) is 0 Å². The molecule has 80 valence electrons. The van der Waals surface area contributed by atoms with Crippen molar-refractivity contribution in [2.24, 2.45) is 5.92 Å². The Morgan fingerprint density at radius 2 is 1.86 bits per heavy atom. The molecule has 0 heterocycles. The average Bonchev–Trinajstić information content (AvgIpc) is 2.16. The molecule has 0 aliphatic heterocycles. The van der Waals surface area contributed by atoms with E-state index >= 15 is 0 Å². The van der Waals surface area contributed by atoms with Crippen molar-refractivity contribution in [1.29, 1.82) is 0 Å². The summed E-state index contributed by atoms with van der Waals surface area (Å²) in [6.07, 6.45) is 0.955. The average molecular weight is 200 g/mol. The first-order valence-electron chi connectivity index (χ1n) is 4.62. The second-order valence-electron chi connectivity index (χ2n) is 3.12. The summed E-state index contributed by atoms with van der Waals surface area (Å²) in [5.41, 5.74) is 0. The normalized spacial score (nSPS) is 11.9. The van der Waals surface area contributed by atoms with Gasteiger partial charge in [-0.05, 0) is 13.3 Å². The zero-order valence-electron chi connectivity index (χ0n) is 8.83. The van der Waals surface area contributed by atoms with Gasteiger partial charge in [-0.1, -0.05) is 6.92 Å². The van der Waals surface area contributed by atoms with Crippen molar-refractivity contribution in [3.8, 4) is 0 Å². The molecule has 0 aliphatic rings. The van der Waals surface area contributed by atoms with Gasteiger partial charge in [0, 0.05) is 12.8 Å². The highest BCUT2D eigenvalue weighted by molar-refractivity contribution is 5.98. The van der Waals surface area contributed by atoms with Gasteiger partial charge in [-0.25, -0.2) is 0 Å². The monoisotopic (exact) mass is 200 g/mol. The molecule has 0 aromatic rings. The Labute approximate surface area is 83.6 Å². The van der Waals surface area contributed by atoms with Crippen LogP contribution in [0.2, 0.25) is 0 Å². The number of ketones is 2. The third kappa shape index (κ3) is 4.16. The van der Waals surface area contributed by atoms with Crippen LogP contribution in [0.1, 0.15) is 33.1 Å². The fourth-order valence-corrected chi connectivity index (χ4v) is 1.11. The van der Waals surface area contributed by atoms with Crippen LogP contribution in [0.15, 0.2) is 0 Å². The number of carbonyl (C=O) groups excluding carboxylic acids is 3. The molecule has 4 nitrogen and oxygen atoms in total. The van der Waals surface area contributed by atoms with E-state index in [1.54, 1.807) is 6.92 Å². The summed E-state index contributed by atoms with van der Waals surface area (Å²) in [4.78, 5) is 33.1. The molecule has 1 atom stereocenters. The van der Waals surface area contributed by atoms with Crippen molar-refractivity contribution in [2.45, 2.75) is 33.1 Å². The van der Waals surface area contributed by atoms with Gasteiger partial charge in [-0.15, -0.1) is 0 Å². The maximum atomic E-state index is 11.1. The quantitative estimate of drug-likeness (QED) is 0.476. The largest absolute Gasteiger partial charge is 0.468 e. The van der Waals surface area contributed by atoms with E-state index < -0.39 is 11.9 Å². The molecule has 0 rings (SSSR count). The zero-order chi connectivity index (χ0) is 11.1. The van der Waals surface area contributed by atoms with Gasteiger partial charge in [0.05, 0.1) is 7.11 Å². The maximum Gasteiger partial charge on any atom is 0.316 e. The number of hydrogen-bond acceptors (Lipinski definition) is 4. The molecule has 1 unspecified atom stereocenters. The second kappa shape index (κ2) is 6.29. The lowest BCUT2D eigenvalue weighted by Gasteiger charge is -2.09. The van der Waals surface area contributed by atoms with Gasteiger partial charge < -0.3 is 4.74 Å². The number of ether oxygens (including phenoxy) is 1. The Kier molecular flexibility index (Phi) is 5.76. The van der Waals surface area contributed by atoms with Crippen LogP contribution in [0.5, 0.6) is 0 Å². The van der Waals surface area contributed by atoms with Gasteiger partial charge in [-0.3, -0.25) is 14.4 Å². The Hall–Kier alpha value is -1.19. The molecule has 0 aromatic heterocycles. The summed E-state index contributed by atoms with van der Waals surface area (Å²) in [6, 6.07) is 0. The summed E-state index contributed by atoms with van der Waals surface area (Å²) < 4.78 is 4.47. The molecular formula is C10H16O4.